The normalized spacial score (nSPS) is 19.4. The first-order valence-electron chi connectivity index (χ1n) is 7.67. The van der Waals surface area contributed by atoms with Gasteiger partial charge in [0.05, 0.1) is 0 Å². The average Bonchev–Trinajstić information content (AvgIpc) is 2.58. The zero-order valence-electron chi connectivity index (χ0n) is 13.8. The van der Waals surface area contributed by atoms with Crippen LogP contribution in [0.4, 0.5) is 5.69 Å². The first kappa shape index (κ1) is 17.9. The molecule has 1 fully saturated rings. The van der Waals surface area contributed by atoms with Crippen LogP contribution in [-0.2, 0) is 4.79 Å². The van der Waals surface area contributed by atoms with Crippen LogP contribution in [0, 0.1) is 0 Å². The van der Waals surface area contributed by atoms with Crippen molar-refractivity contribution >= 4 is 29.3 Å². The predicted octanol–water partition coefficient (Wildman–Crippen LogP) is 3.87. The molecule has 1 aromatic rings. The Labute approximate surface area is 147 Å². The van der Waals surface area contributed by atoms with Crippen molar-refractivity contribution in [2.75, 3.05) is 17.2 Å². The van der Waals surface area contributed by atoms with E-state index < -0.39 is 0 Å². The quantitative estimate of drug-likeness (QED) is 0.497. The summed E-state index contributed by atoms with van der Waals surface area (Å²) in [6, 6.07) is 7.50. The molecule has 0 aromatic heterocycles. The van der Waals surface area contributed by atoms with Crippen LogP contribution in [0.2, 0.25) is 0 Å². The van der Waals surface area contributed by atoms with E-state index in [-0.39, 0.29) is 5.78 Å². The second kappa shape index (κ2) is 8.41. The van der Waals surface area contributed by atoms with E-state index in [4.69, 9.17) is 11.5 Å². The molecule has 2 rings (SSSR count). The molecule has 0 spiro atoms. The molecule has 4 heteroatoms. The highest BCUT2D eigenvalue weighted by Crippen LogP contribution is 2.26. The molecule has 0 atom stereocenters. The minimum absolute atomic E-state index is 0.0825. The van der Waals surface area contributed by atoms with Crippen molar-refractivity contribution in [3.63, 3.8) is 0 Å². The van der Waals surface area contributed by atoms with E-state index in [0.29, 0.717) is 22.9 Å². The Hall–Kier alpha value is -2.46. The second-order valence-electron chi connectivity index (χ2n) is 5.52. The minimum Gasteiger partial charge on any atom is -0.399 e. The highest BCUT2D eigenvalue weighted by atomic mass is 32.2. The summed E-state index contributed by atoms with van der Waals surface area (Å²) < 4.78 is 0. The van der Waals surface area contributed by atoms with Gasteiger partial charge in [0.25, 0.3) is 0 Å². The van der Waals surface area contributed by atoms with Crippen LogP contribution in [0.25, 0.3) is 6.08 Å². The van der Waals surface area contributed by atoms with E-state index in [1.165, 1.54) is 0 Å². The van der Waals surface area contributed by atoms with Crippen LogP contribution in [0.15, 0.2) is 77.6 Å². The number of carbonyl (C=O) groups is 1. The van der Waals surface area contributed by atoms with Crippen molar-refractivity contribution in [3.8, 4) is 0 Å². The predicted molar refractivity (Wildman–Crippen MR) is 105 cm³/mol. The number of carbonyl (C=O) groups excluding carboxylic acids is 1. The maximum absolute atomic E-state index is 12.7. The highest BCUT2D eigenvalue weighted by molar-refractivity contribution is 7.99. The Balaban J connectivity index is 2.17. The summed E-state index contributed by atoms with van der Waals surface area (Å²) in [4.78, 5) is 12.7. The lowest BCUT2D eigenvalue weighted by atomic mass is 10.0. The molecule has 1 aromatic carbocycles. The van der Waals surface area contributed by atoms with Crippen LogP contribution >= 0.6 is 11.8 Å². The van der Waals surface area contributed by atoms with Crippen LogP contribution in [0.3, 0.4) is 0 Å². The Morgan fingerprint density at radius 1 is 1.17 bits per heavy atom. The van der Waals surface area contributed by atoms with E-state index >= 15 is 0 Å². The zero-order valence-corrected chi connectivity index (χ0v) is 14.6. The van der Waals surface area contributed by atoms with Gasteiger partial charge in [0.2, 0.25) is 0 Å². The molecule has 0 bridgehead atoms. The third-order valence-corrected chi connectivity index (χ3v) is 4.59. The lowest BCUT2D eigenvalue weighted by molar-refractivity contribution is -0.112. The lowest BCUT2D eigenvalue weighted by Gasteiger charge is -2.16. The molecule has 1 saturated heterocycles. The number of rotatable bonds is 4. The summed E-state index contributed by atoms with van der Waals surface area (Å²) in [6.07, 6.45) is 9.18. The molecular weight excluding hydrogens is 316 g/mol. The molecule has 124 valence electrons. The van der Waals surface area contributed by atoms with Crippen LogP contribution in [-0.4, -0.2) is 17.3 Å². The molecule has 0 radical (unpaired) electrons. The molecule has 0 aliphatic carbocycles. The molecule has 1 heterocycles. The summed E-state index contributed by atoms with van der Waals surface area (Å²) in [5.41, 5.74) is 16.1. The molecular formula is C20H22N2OS. The van der Waals surface area contributed by atoms with Gasteiger partial charge < -0.3 is 11.5 Å². The number of Topliss-reactive ketones (excluding diaryl/α,β-unsaturated/α-hetero) is 1. The van der Waals surface area contributed by atoms with Gasteiger partial charge in [-0.1, -0.05) is 30.9 Å². The SMILES string of the molecule is C=C(/C=C\C(N)=C/C)/C=C1\CSC/C(=C\c2ccc(N)cc2)C1=O. The molecule has 1 aliphatic heterocycles. The van der Waals surface area contributed by atoms with E-state index in [1.54, 1.807) is 17.8 Å². The van der Waals surface area contributed by atoms with Crippen molar-refractivity contribution in [1.82, 2.24) is 0 Å². The number of thioether (sulfide) groups is 1. The van der Waals surface area contributed by atoms with E-state index in [1.807, 2.05) is 55.5 Å². The third-order valence-electron chi connectivity index (χ3n) is 3.56. The summed E-state index contributed by atoms with van der Waals surface area (Å²) in [6.45, 7) is 5.84. The van der Waals surface area contributed by atoms with Crippen LogP contribution in [0.1, 0.15) is 12.5 Å². The first-order valence-corrected chi connectivity index (χ1v) is 8.83. The van der Waals surface area contributed by atoms with Gasteiger partial charge in [0, 0.05) is 34.0 Å². The summed E-state index contributed by atoms with van der Waals surface area (Å²) in [5.74, 6) is 1.50. The van der Waals surface area contributed by atoms with Crippen molar-refractivity contribution in [1.29, 1.82) is 0 Å². The Morgan fingerprint density at radius 3 is 2.50 bits per heavy atom. The van der Waals surface area contributed by atoms with Gasteiger partial charge in [0.15, 0.2) is 5.78 Å². The molecule has 3 nitrogen and oxygen atoms in total. The number of hydrogen-bond donors (Lipinski definition) is 2. The third kappa shape index (κ3) is 5.03. The van der Waals surface area contributed by atoms with Crippen molar-refractivity contribution in [2.45, 2.75) is 6.92 Å². The number of ketones is 1. The van der Waals surface area contributed by atoms with Gasteiger partial charge in [-0.2, -0.15) is 11.8 Å². The van der Waals surface area contributed by atoms with Gasteiger partial charge >= 0.3 is 0 Å². The number of nitrogen functional groups attached to an aromatic ring is 1. The van der Waals surface area contributed by atoms with Crippen LogP contribution < -0.4 is 11.5 Å². The van der Waals surface area contributed by atoms with Gasteiger partial charge in [-0.05, 0) is 48.4 Å². The van der Waals surface area contributed by atoms with E-state index in [0.717, 1.165) is 22.3 Å². The largest absolute Gasteiger partial charge is 0.399 e. The van der Waals surface area contributed by atoms with Crippen LogP contribution in [0.5, 0.6) is 0 Å². The van der Waals surface area contributed by atoms with Gasteiger partial charge in [-0.3, -0.25) is 4.79 Å². The van der Waals surface area contributed by atoms with E-state index in [2.05, 4.69) is 6.58 Å². The minimum atomic E-state index is 0.0825. The van der Waals surface area contributed by atoms with Gasteiger partial charge in [-0.25, -0.2) is 0 Å². The topological polar surface area (TPSA) is 69.1 Å². The first-order chi connectivity index (χ1) is 11.5. The number of benzene rings is 1. The Morgan fingerprint density at radius 2 is 1.83 bits per heavy atom. The maximum Gasteiger partial charge on any atom is 0.186 e. The molecule has 0 saturated carbocycles. The number of hydrogen-bond acceptors (Lipinski definition) is 4. The fourth-order valence-electron chi connectivity index (χ4n) is 2.19. The fourth-order valence-corrected chi connectivity index (χ4v) is 3.16. The van der Waals surface area contributed by atoms with Crippen molar-refractivity contribution in [3.05, 3.63) is 83.1 Å². The molecule has 0 unspecified atom stereocenters. The summed E-state index contributed by atoms with van der Waals surface area (Å²) >= 11 is 1.72. The fraction of sp³-hybridized carbons (Fsp3) is 0.150. The molecule has 24 heavy (non-hydrogen) atoms. The maximum atomic E-state index is 12.7. The molecule has 0 amide bonds. The highest BCUT2D eigenvalue weighted by Gasteiger charge is 2.20. The zero-order chi connectivity index (χ0) is 17.5. The lowest BCUT2D eigenvalue weighted by Crippen LogP contribution is -2.16. The Kier molecular flexibility index (Phi) is 6.27. The summed E-state index contributed by atoms with van der Waals surface area (Å²) in [7, 11) is 0. The monoisotopic (exact) mass is 338 g/mol. The second-order valence-corrected chi connectivity index (χ2v) is 6.51. The number of nitrogens with two attached hydrogens (primary N) is 2. The van der Waals surface area contributed by atoms with Gasteiger partial charge in [0.1, 0.15) is 0 Å². The van der Waals surface area contributed by atoms with Crippen molar-refractivity contribution < 1.29 is 4.79 Å². The molecule has 1 aliphatic rings. The average molecular weight is 338 g/mol. The number of anilines is 1. The van der Waals surface area contributed by atoms with E-state index in [9.17, 15) is 4.79 Å². The summed E-state index contributed by atoms with van der Waals surface area (Å²) in [5, 5.41) is 0. The Bertz CT molecular complexity index is 752. The van der Waals surface area contributed by atoms with Crippen molar-refractivity contribution in [2.24, 2.45) is 5.73 Å². The van der Waals surface area contributed by atoms with Gasteiger partial charge in [-0.15, -0.1) is 0 Å². The molecule has 4 N–H and O–H groups in total. The standard InChI is InChI=1S/C20H22N2OS/c1-3-18(21)7-4-14(2)10-16-12-24-13-17(20(16)23)11-15-5-8-19(22)9-6-15/h3-11H,2,12-13,21-22H2,1H3/b7-4-,16-10+,17-11+,18-3+. The number of allylic oxidation sites excluding steroid dienone is 5. The smallest absolute Gasteiger partial charge is 0.186 e.